The maximum absolute atomic E-state index is 12.5. The molecule has 0 aliphatic heterocycles. The van der Waals surface area contributed by atoms with E-state index < -0.39 is 0 Å². The molecule has 172 valence electrons. The molecule has 33 heavy (non-hydrogen) atoms. The zero-order valence-corrected chi connectivity index (χ0v) is 19.4. The summed E-state index contributed by atoms with van der Waals surface area (Å²) in [6.07, 6.45) is 11.7. The monoisotopic (exact) mass is 463 g/mol. The van der Waals surface area contributed by atoms with Crippen molar-refractivity contribution in [1.29, 1.82) is 0 Å². The number of anilines is 1. The van der Waals surface area contributed by atoms with Crippen LogP contribution in [0.1, 0.15) is 44.9 Å². The van der Waals surface area contributed by atoms with Gasteiger partial charge < -0.3 is 16.0 Å². The Hall–Kier alpha value is -2.87. The molecule has 8 heteroatoms. The molecule has 7 nitrogen and oxygen atoms in total. The van der Waals surface area contributed by atoms with Crippen LogP contribution in [-0.4, -0.2) is 33.4 Å². The van der Waals surface area contributed by atoms with E-state index in [4.69, 9.17) is 0 Å². The van der Waals surface area contributed by atoms with Crippen LogP contribution in [0.25, 0.3) is 16.2 Å². The molecule has 4 fully saturated rings. The van der Waals surface area contributed by atoms with E-state index in [0.29, 0.717) is 6.54 Å². The molecule has 4 bridgehead atoms. The first-order valence-corrected chi connectivity index (χ1v) is 12.8. The highest BCUT2D eigenvalue weighted by molar-refractivity contribution is 7.15. The molecule has 3 aromatic rings. The summed E-state index contributed by atoms with van der Waals surface area (Å²) in [5.41, 5.74) is 2.65. The fraction of sp³-hybridized carbons (Fsp3) is 0.480. The van der Waals surface area contributed by atoms with Gasteiger partial charge in [-0.2, -0.15) is 0 Å². The van der Waals surface area contributed by atoms with Crippen LogP contribution in [-0.2, 0) is 4.79 Å². The normalized spacial score (nSPS) is 27.6. The van der Waals surface area contributed by atoms with Gasteiger partial charge in [0.25, 0.3) is 0 Å². The van der Waals surface area contributed by atoms with E-state index in [0.717, 1.165) is 58.9 Å². The first-order valence-electron chi connectivity index (χ1n) is 11.9. The summed E-state index contributed by atoms with van der Waals surface area (Å²) in [6, 6.07) is 7.55. The zero-order valence-electron chi connectivity index (χ0n) is 18.5. The number of hydrogen-bond donors (Lipinski definition) is 3. The van der Waals surface area contributed by atoms with Crippen molar-refractivity contribution in [2.75, 3.05) is 11.9 Å². The Morgan fingerprint density at radius 2 is 1.76 bits per heavy atom. The van der Waals surface area contributed by atoms with Crippen LogP contribution in [0, 0.1) is 17.8 Å². The minimum absolute atomic E-state index is 0.00692. The third kappa shape index (κ3) is 4.24. The third-order valence-corrected chi connectivity index (χ3v) is 8.38. The largest absolute Gasteiger partial charge is 0.338 e. The Balaban J connectivity index is 0.968. The fourth-order valence-electron chi connectivity index (χ4n) is 6.65. The lowest BCUT2D eigenvalue weighted by molar-refractivity contribution is -0.116. The van der Waals surface area contributed by atoms with E-state index in [2.05, 4.69) is 20.9 Å². The summed E-state index contributed by atoms with van der Waals surface area (Å²) < 4.78 is 2.00. The topological polar surface area (TPSA) is 87.5 Å². The van der Waals surface area contributed by atoms with Crippen molar-refractivity contribution in [2.24, 2.45) is 17.8 Å². The van der Waals surface area contributed by atoms with Gasteiger partial charge in [-0.15, -0.1) is 11.3 Å². The highest BCUT2D eigenvalue weighted by Crippen LogP contribution is 2.55. The number of thiazole rings is 1. The molecule has 3 N–H and O–H groups in total. The zero-order chi connectivity index (χ0) is 22.4. The van der Waals surface area contributed by atoms with Gasteiger partial charge in [-0.05, 0) is 68.4 Å². The van der Waals surface area contributed by atoms with Crippen LogP contribution in [0.3, 0.4) is 0 Å². The quantitative estimate of drug-likeness (QED) is 0.497. The van der Waals surface area contributed by atoms with Crippen LogP contribution < -0.4 is 16.0 Å². The maximum atomic E-state index is 12.5. The molecule has 0 unspecified atom stereocenters. The molecule has 4 saturated carbocycles. The Morgan fingerprint density at radius 1 is 1.06 bits per heavy atom. The van der Waals surface area contributed by atoms with Gasteiger partial charge in [-0.1, -0.05) is 12.1 Å². The molecule has 0 atom stereocenters. The summed E-state index contributed by atoms with van der Waals surface area (Å²) in [6.45, 7) is 0.327. The predicted octanol–water partition coefficient (Wildman–Crippen LogP) is 4.66. The molecule has 4 aliphatic carbocycles. The maximum Gasteiger partial charge on any atom is 0.315 e. The Morgan fingerprint density at radius 3 is 2.42 bits per heavy atom. The van der Waals surface area contributed by atoms with E-state index in [1.165, 1.54) is 19.3 Å². The molecule has 0 saturated heterocycles. The van der Waals surface area contributed by atoms with Crippen LogP contribution in [0.2, 0.25) is 0 Å². The number of urea groups is 1. The second-order valence-electron chi connectivity index (χ2n) is 10.2. The van der Waals surface area contributed by atoms with E-state index in [1.54, 1.807) is 11.3 Å². The lowest BCUT2D eigenvalue weighted by atomic mass is 9.53. The van der Waals surface area contributed by atoms with Crippen molar-refractivity contribution < 1.29 is 9.59 Å². The van der Waals surface area contributed by atoms with Gasteiger partial charge in [0.15, 0.2) is 4.96 Å². The van der Waals surface area contributed by atoms with E-state index in [1.807, 2.05) is 46.4 Å². The second-order valence-corrected chi connectivity index (χ2v) is 11.0. The van der Waals surface area contributed by atoms with E-state index in [9.17, 15) is 9.59 Å². The van der Waals surface area contributed by atoms with Gasteiger partial charge in [-0.3, -0.25) is 9.20 Å². The fourth-order valence-corrected chi connectivity index (χ4v) is 7.35. The van der Waals surface area contributed by atoms with Gasteiger partial charge in [0, 0.05) is 47.5 Å². The third-order valence-electron chi connectivity index (χ3n) is 7.61. The molecule has 0 radical (unpaired) electrons. The Labute approximate surface area is 197 Å². The molecular weight excluding hydrogens is 434 g/mol. The summed E-state index contributed by atoms with van der Waals surface area (Å²) >= 11 is 1.60. The smallest absolute Gasteiger partial charge is 0.315 e. The number of hydrogen-bond acceptors (Lipinski definition) is 4. The van der Waals surface area contributed by atoms with Crippen molar-refractivity contribution in [3.8, 4) is 11.3 Å². The van der Waals surface area contributed by atoms with Crippen molar-refractivity contribution in [3.05, 3.63) is 42.0 Å². The molecule has 0 spiro atoms. The van der Waals surface area contributed by atoms with Gasteiger partial charge in [-0.25, -0.2) is 9.78 Å². The van der Waals surface area contributed by atoms with Crippen LogP contribution in [0.5, 0.6) is 0 Å². The number of nitrogens with zero attached hydrogens (tertiary/aromatic N) is 2. The van der Waals surface area contributed by atoms with Gasteiger partial charge in [0.2, 0.25) is 5.91 Å². The summed E-state index contributed by atoms with van der Waals surface area (Å²) in [7, 11) is 0. The molecule has 3 amide bonds. The number of benzene rings is 1. The van der Waals surface area contributed by atoms with Crippen LogP contribution in [0.4, 0.5) is 10.5 Å². The minimum Gasteiger partial charge on any atom is -0.338 e. The van der Waals surface area contributed by atoms with Crippen molar-refractivity contribution in [1.82, 2.24) is 20.0 Å². The molecule has 7 rings (SSSR count). The molecule has 2 aromatic heterocycles. The molecule has 4 aliphatic rings. The van der Waals surface area contributed by atoms with Crippen molar-refractivity contribution in [2.45, 2.75) is 50.5 Å². The first kappa shape index (κ1) is 20.7. The Bertz CT molecular complexity index is 1120. The van der Waals surface area contributed by atoms with Crippen molar-refractivity contribution >= 4 is 33.9 Å². The number of fused-ring (bicyclic) bond motifs is 1. The van der Waals surface area contributed by atoms with E-state index >= 15 is 0 Å². The lowest BCUT2D eigenvalue weighted by Crippen LogP contribution is -2.61. The molecular formula is C25H29N5O2S. The lowest BCUT2D eigenvalue weighted by Gasteiger charge is -2.56. The van der Waals surface area contributed by atoms with Gasteiger partial charge in [0.05, 0.1) is 5.69 Å². The Kier molecular flexibility index (Phi) is 5.13. The van der Waals surface area contributed by atoms with Crippen LogP contribution >= 0.6 is 11.3 Å². The second kappa shape index (κ2) is 8.17. The summed E-state index contributed by atoms with van der Waals surface area (Å²) in [4.78, 5) is 30.4. The number of amides is 3. The van der Waals surface area contributed by atoms with Gasteiger partial charge in [0.1, 0.15) is 0 Å². The summed E-state index contributed by atoms with van der Waals surface area (Å²) in [5, 5.41) is 11.1. The minimum atomic E-state index is -0.130. The first-order chi connectivity index (χ1) is 16.0. The number of aromatic nitrogens is 2. The van der Waals surface area contributed by atoms with Gasteiger partial charge >= 0.3 is 6.03 Å². The number of nitrogens with one attached hydrogen (secondary N) is 3. The number of carbonyl (C=O) groups is 2. The predicted molar refractivity (Wildman–Crippen MR) is 129 cm³/mol. The molecule has 1 aromatic carbocycles. The average Bonchev–Trinajstić information content (AvgIpc) is 3.35. The number of imidazole rings is 1. The number of carbonyl (C=O) groups excluding carboxylic acids is 2. The number of rotatable bonds is 6. The van der Waals surface area contributed by atoms with E-state index in [-0.39, 0.29) is 23.9 Å². The molecule has 2 heterocycles. The average molecular weight is 464 g/mol. The SMILES string of the molecule is O=C(CCNC(=O)NC12CC3CC(CC(C3)C1)C2)Nc1ccc(-c2cn3ccsc3n2)cc1. The highest BCUT2D eigenvalue weighted by atomic mass is 32.1. The highest BCUT2D eigenvalue weighted by Gasteiger charge is 2.51. The van der Waals surface area contributed by atoms with Crippen molar-refractivity contribution in [3.63, 3.8) is 0 Å². The summed E-state index contributed by atoms with van der Waals surface area (Å²) in [5.74, 6) is 2.26. The van der Waals surface area contributed by atoms with Crippen LogP contribution in [0.15, 0.2) is 42.0 Å². The standard InChI is InChI=1S/C25H29N5O2S/c31-22(27-20-3-1-19(2-4-20)21-15-30-7-8-33-24(30)28-21)5-6-26-23(32)29-25-12-16-9-17(13-25)11-18(10-16)14-25/h1-4,7-8,15-18H,5-6,9-14H2,(H,27,31)(H2,26,29,32).